The van der Waals surface area contributed by atoms with Crippen LogP contribution in [0.25, 0.3) is 0 Å². The highest BCUT2D eigenvalue weighted by Crippen LogP contribution is 2.26. The normalized spacial score (nSPS) is 11.4. The average Bonchev–Trinajstić information content (AvgIpc) is 2.80. The van der Waals surface area contributed by atoms with Gasteiger partial charge in [0.05, 0.1) is 4.90 Å². The SMILES string of the molecule is CCc1cc(Br)cc(C)c1NC(=O)CCc1ccc(S(=O)(=O)NCCc2ccccc2)cc1. The van der Waals surface area contributed by atoms with Gasteiger partial charge in [0.25, 0.3) is 0 Å². The summed E-state index contributed by atoms with van der Waals surface area (Å²) < 4.78 is 28.7. The summed E-state index contributed by atoms with van der Waals surface area (Å²) in [6.07, 6.45) is 2.31. The third-order valence-corrected chi connectivity index (χ3v) is 7.39. The van der Waals surface area contributed by atoms with Crippen LogP contribution in [0.5, 0.6) is 0 Å². The monoisotopic (exact) mass is 528 g/mol. The Balaban J connectivity index is 1.53. The number of carbonyl (C=O) groups excluding carboxylic acids is 1. The van der Waals surface area contributed by atoms with E-state index in [1.165, 1.54) is 0 Å². The Kier molecular flexibility index (Phi) is 8.83. The van der Waals surface area contributed by atoms with Gasteiger partial charge in [-0.2, -0.15) is 0 Å². The summed E-state index contributed by atoms with van der Waals surface area (Å²) in [5.74, 6) is -0.0607. The zero-order chi connectivity index (χ0) is 23.8. The first-order valence-electron chi connectivity index (χ1n) is 11.0. The second kappa shape index (κ2) is 11.6. The number of carbonyl (C=O) groups is 1. The van der Waals surface area contributed by atoms with Gasteiger partial charge in [-0.05, 0) is 72.7 Å². The lowest BCUT2D eigenvalue weighted by Gasteiger charge is -2.14. The largest absolute Gasteiger partial charge is 0.326 e. The van der Waals surface area contributed by atoms with Crippen LogP contribution in [0.15, 0.2) is 76.1 Å². The summed E-state index contributed by atoms with van der Waals surface area (Å²) in [6, 6.07) is 20.5. The molecule has 0 aliphatic carbocycles. The van der Waals surface area contributed by atoms with E-state index < -0.39 is 10.0 Å². The molecule has 0 aliphatic heterocycles. The highest BCUT2D eigenvalue weighted by molar-refractivity contribution is 9.10. The number of hydrogen-bond donors (Lipinski definition) is 2. The Morgan fingerprint density at radius 1 is 0.939 bits per heavy atom. The Hall–Kier alpha value is -2.48. The Bertz CT molecular complexity index is 1190. The molecule has 0 aliphatic rings. The summed E-state index contributed by atoms with van der Waals surface area (Å²) in [6.45, 7) is 4.37. The molecule has 7 heteroatoms. The topological polar surface area (TPSA) is 75.3 Å². The van der Waals surface area contributed by atoms with Gasteiger partial charge in [-0.15, -0.1) is 0 Å². The van der Waals surface area contributed by atoms with Crippen molar-refractivity contribution in [3.05, 3.63) is 93.5 Å². The highest BCUT2D eigenvalue weighted by atomic mass is 79.9. The van der Waals surface area contributed by atoms with Crippen molar-refractivity contribution in [3.63, 3.8) is 0 Å². The molecule has 0 unspecified atom stereocenters. The lowest BCUT2D eigenvalue weighted by Crippen LogP contribution is -2.26. The molecule has 2 N–H and O–H groups in total. The van der Waals surface area contributed by atoms with Crippen LogP contribution in [-0.2, 0) is 34.1 Å². The van der Waals surface area contributed by atoms with Gasteiger partial charge < -0.3 is 5.32 Å². The van der Waals surface area contributed by atoms with Gasteiger partial charge in [0.1, 0.15) is 0 Å². The lowest BCUT2D eigenvalue weighted by molar-refractivity contribution is -0.116. The standard InChI is InChI=1S/C26H29BrN2O3S/c1-3-22-18-23(27)17-19(2)26(22)29-25(30)14-11-21-9-12-24(13-10-21)33(31,32)28-16-15-20-7-5-4-6-8-20/h4-10,12-13,17-18,28H,3,11,14-16H2,1-2H3,(H,29,30). The van der Waals surface area contributed by atoms with Crippen molar-refractivity contribution < 1.29 is 13.2 Å². The molecule has 0 saturated carbocycles. The molecule has 33 heavy (non-hydrogen) atoms. The maximum absolute atomic E-state index is 12.5. The molecule has 0 aromatic heterocycles. The van der Waals surface area contributed by atoms with E-state index in [1.807, 2.05) is 49.4 Å². The van der Waals surface area contributed by atoms with Crippen molar-refractivity contribution in [3.8, 4) is 0 Å². The molecule has 0 fully saturated rings. The molecular weight excluding hydrogens is 500 g/mol. The first-order valence-corrected chi connectivity index (χ1v) is 13.3. The van der Waals surface area contributed by atoms with Crippen molar-refractivity contribution in [1.82, 2.24) is 4.72 Å². The van der Waals surface area contributed by atoms with Gasteiger partial charge >= 0.3 is 0 Å². The maximum atomic E-state index is 12.5. The zero-order valence-corrected chi connectivity index (χ0v) is 21.3. The first kappa shape index (κ1) is 25.1. The van der Waals surface area contributed by atoms with Crippen LogP contribution in [0.2, 0.25) is 0 Å². The predicted octanol–water partition coefficient (Wildman–Crippen LogP) is 5.41. The predicted molar refractivity (Wildman–Crippen MR) is 137 cm³/mol. The summed E-state index contributed by atoms with van der Waals surface area (Å²) >= 11 is 3.50. The molecule has 0 heterocycles. The van der Waals surface area contributed by atoms with Crippen molar-refractivity contribution >= 4 is 37.5 Å². The number of aryl methyl sites for hydroxylation is 3. The van der Waals surface area contributed by atoms with E-state index in [9.17, 15) is 13.2 Å². The van der Waals surface area contributed by atoms with Gasteiger partial charge in [-0.1, -0.05) is 65.3 Å². The van der Waals surface area contributed by atoms with Gasteiger partial charge in [0, 0.05) is 23.1 Å². The quantitative estimate of drug-likeness (QED) is 0.369. The molecule has 174 valence electrons. The van der Waals surface area contributed by atoms with E-state index in [0.29, 0.717) is 25.8 Å². The lowest BCUT2D eigenvalue weighted by atomic mass is 10.1. The van der Waals surface area contributed by atoms with Crippen LogP contribution in [-0.4, -0.2) is 20.9 Å². The van der Waals surface area contributed by atoms with Crippen molar-refractivity contribution in [1.29, 1.82) is 0 Å². The number of nitrogens with one attached hydrogen (secondary N) is 2. The number of amides is 1. The molecule has 0 bridgehead atoms. The maximum Gasteiger partial charge on any atom is 0.240 e. The van der Waals surface area contributed by atoms with Crippen LogP contribution in [0.4, 0.5) is 5.69 Å². The second-order valence-electron chi connectivity index (χ2n) is 7.94. The highest BCUT2D eigenvalue weighted by Gasteiger charge is 2.14. The Labute approximate surface area is 204 Å². The smallest absolute Gasteiger partial charge is 0.240 e. The Morgan fingerprint density at radius 2 is 1.61 bits per heavy atom. The van der Waals surface area contributed by atoms with Gasteiger partial charge in [-0.25, -0.2) is 13.1 Å². The van der Waals surface area contributed by atoms with Crippen LogP contribution < -0.4 is 10.0 Å². The fraction of sp³-hybridized carbons (Fsp3) is 0.269. The molecule has 3 aromatic carbocycles. The fourth-order valence-electron chi connectivity index (χ4n) is 3.62. The zero-order valence-electron chi connectivity index (χ0n) is 18.9. The molecule has 0 radical (unpaired) electrons. The number of sulfonamides is 1. The summed E-state index contributed by atoms with van der Waals surface area (Å²) in [7, 11) is -3.57. The van der Waals surface area contributed by atoms with Gasteiger partial charge in [-0.3, -0.25) is 4.79 Å². The summed E-state index contributed by atoms with van der Waals surface area (Å²) in [5, 5.41) is 3.03. The van der Waals surface area contributed by atoms with Crippen LogP contribution >= 0.6 is 15.9 Å². The fourth-order valence-corrected chi connectivity index (χ4v) is 5.27. The molecule has 0 spiro atoms. The number of anilines is 1. The van der Waals surface area contributed by atoms with Crippen LogP contribution in [0.1, 0.15) is 35.6 Å². The number of benzene rings is 3. The number of halogens is 1. The van der Waals surface area contributed by atoms with Gasteiger partial charge in [0.15, 0.2) is 0 Å². The van der Waals surface area contributed by atoms with Crippen LogP contribution in [0, 0.1) is 6.92 Å². The van der Waals surface area contributed by atoms with E-state index in [-0.39, 0.29) is 10.8 Å². The minimum atomic E-state index is -3.57. The third-order valence-electron chi connectivity index (χ3n) is 5.45. The van der Waals surface area contributed by atoms with Crippen LogP contribution in [0.3, 0.4) is 0 Å². The van der Waals surface area contributed by atoms with E-state index >= 15 is 0 Å². The molecule has 3 rings (SSSR count). The van der Waals surface area contributed by atoms with Crippen molar-refractivity contribution in [2.45, 2.75) is 44.4 Å². The average molecular weight is 530 g/mol. The van der Waals surface area contributed by atoms with Gasteiger partial charge in [0.2, 0.25) is 15.9 Å². The second-order valence-corrected chi connectivity index (χ2v) is 10.6. The molecule has 5 nitrogen and oxygen atoms in total. The first-order chi connectivity index (χ1) is 15.8. The molecule has 0 atom stereocenters. The summed E-state index contributed by atoms with van der Waals surface area (Å²) in [5.41, 5.74) is 4.97. The number of hydrogen-bond acceptors (Lipinski definition) is 3. The molecule has 3 aromatic rings. The Morgan fingerprint density at radius 3 is 2.27 bits per heavy atom. The van der Waals surface area contributed by atoms with Crippen molar-refractivity contribution in [2.24, 2.45) is 0 Å². The van der Waals surface area contributed by atoms with E-state index in [2.05, 4.69) is 32.9 Å². The summed E-state index contributed by atoms with van der Waals surface area (Å²) in [4.78, 5) is 12.7. The third kappa shape index (κ3) is 7.25. The molecule has 1 amide bonds. The molecule has 0 saturated heterocycles. The van der Waals surface area contributed by atoms with E-state index in [0.717, 1.165) is 38.8 Å². The van der Waals surface area contributed by atoms with Crippen molar-refractivity contribution in [2.75, 3.05) is 11.9 Å². The number of rotatable bonds is 10. The minimum absolute atomic E-state index is 0.0607. The minimum Gasteiger partial charge on any atom is -0.326 e. The molecular formula is C26H29BrN2O3S. The van der Waals surface area contributed by atoms with E-state index in [1.54, 1.807) is 24.3 Å². The van der Waals surface area contributed by atoms with E-state index in [4.69, 9.17) is 0 Å².